The molecule has 0 aliphatic rings. The van der Waals surface area contributed by atoms with Crippen molar-refractivity contribution in [1.29, 1.82) is 0 Å². The fourth-order valence-electron chi connectivity index (χ4n) is 1.11. The van der Waals surface area contributed by atoms with Gasteiger partial charge in [0.05, 0.1) is 6.67 Å². The van der Waals surface area contributed by atoms with Gasteiger partial charge < -0.3 is 0 Å². The van der Waals surface area contributed by atoms with E-state index >= 15 is 0 Å². The van der Waals surface area contributed by atoms with Crippen LogP contribution in [-0.4, -0.2) is 12.5 Å². The van der Waals surface area contributed by atoms with Crippen LogP contribution in [0.5, 0.6) is 0 Å². The topological polar surface area (TPSA) is 17.1 Å². The van der Waals surface area contributed by atoms with Crippen molar-refractivity contribution in [2.45, 2.75) is 19.8 Å². The molecule has 0 heterocycles. The third-order valence-electron chi connectivity index (χ3n) is 1.91. The van der Waals surface area contributed by atoms with E-state index in [1.165, 1.54) is 0 Å². The maximum Gasteiger partial charge on any atom is 0.162 e. The van der Waals surface area contributed by atoms with Gasteiger partial charge in [-0.1, -0.05) is 29.8 Å². The highest BCUT2D eigenvalue weighted by atomic mass is 19.1. The predicted molar refractivity (Wildman–Crippen MR) is 50.7 cm³/mol. The molecule has 70 valence electrons. The highest BCUT2D eigenvalue weighted by Crippen LogP contribution is 2.07. The van der Waals surface area contributed by atoms with E-state index in [1.54, 1.807) is 12.1 Å². The summed E-state index contributed by atoms with van der Waals surface area (Å²) in [5, 5.41) is 0. The minimum atomic E-state index is -0.419. The van der Waals surface area contributed by atoms with E-state index in [-0.39, 0.29) is 5.78 Å². The smallest absolute Gasteiger partial charge is 0.162 e. The Labute approximate surface area is 77.6 Å². The Morgan fingerprint density at radius 2 is 1.92 bits per heavy atom. The Kier molecular flexibility index (Phi) is 3.62. The van der Waals surface area contributed by atoms with Crippen molar-refractivity contribution in [1.82, 2.24) is 0 Å². The molecular formula is C11H13FO. The van der Waals surface area contributed by atoms with Crippen molar-refractivity contribution in [3.05, 3.63) is 35.4 Å². The standard InChI is InChI=1S/C11H13FO/c1-9-4-6-10(7-5-9)11(13)3-2-8-12/h4-7H,2-3,8H2,1H3. The number of carbonyl (C=O) groups excluding carboxylic acids is 1. The van der Waals surface area contributed by atoms with Crippen LogP contribution in [0.4, 0.5) is 4.39 Å². The largest absolute Gasteiger partial charge is 0.294 e. The van der Waals surface area contributed by atoms with Crippen LogP contribution in [0.25, 0.3) is 0 Å². The van der Waals surface area contributed by atoms with Crippen molar-refractivity contribution in [3.63, 3.8) is 0 Å². The third-order valence-corrected chi connectivity index (χ3v) is 1.91. The van der Waals surface area contributed by atoms with E-state index in [9.17, 15) is 9.18 Å². The quantitative estimate of drug-likeness (QED) is 0.651. The van der Waals surface area contributed by atoms with E-state index in [4.69, 9.17) is 0 Å². The van der Waals surface area contributed by atoms with Gasteiger partial charge >= 0.3 is 0 Å². The first-order chi connectivity index (χ1) is 6.24. The third kappa shape index (κ3) is 2.98. The molecular weight excluding hydrogens is 167 g/mol. The van der Waals surface area contributed by atoms with Crippen molar-refractivity contribution in [3.8, 4) is 0 Å². The molecule has 0 aliphatic heterocycles. The molecule has 0 aliphatic carbocycles. The summed E-state index contributed by atoms with van der Waals surface area (Å²) in [7, 11) is 0. The monoisotopic (exact) mass is 180 g/mol. The molecule has 0 N–H and O–H groups in total. The van der Waals surface area contributed by atoms with Crippen LogP contribution < -0.4 is 0 Å². The van der Waals surface area contributed by atoms with Gasteiger partial charge in [0.1, 0.15) is 0 Å². The molecule has 0 unspecified atom stereocenters. The van der Waals surface area contributed by atoms with Crippen LogP contribution in [0, 0.1) is 6.92 Å². The summed E-state index contributed by atoms with van der Waals surface area (Å²) in [4.78, 5) is 11.3. The lowest BCUT2D eigenvalue weighted by atomic mass is 10.1. The highest BCUT2D eigenvalue weighted by molar-refractivity contribution is 5.96. The Hall–Kier alpha value is -1.18. The van der Waals surface area contributed by atoms with Crippen molar-refractivity contribution in [2.24, 2.45) is 0 Å². The first kappa shape index (κ1) is 9.90. The second-order valence-electron chi connectivity index (χ2n) is 3.08. The number of hydrogen-bond donors (Lipinski definition) is 0. The molecule has 13 heavy (non-hydrogen) atoms. The Morgan fingerprint density at radius 1 is 1.31 bits per heavy atom. The summed E-state index contributed by atoms with van der Waals surface area (Å²) in [5.74, 6) is 0.0256. The normalized spacial score (nSPS) is 10.0. The zero-order valence-corrected chi connectivity index (χ0v) is 7.72. The summed E-state index contributed by atoms with van der Waals surface area (Å²) in [5.41, 5.74) is 1.81. The van der Waals surface area contributed by atoms with Crippen molar-refractivity contribution in [2.75, 3.05) is 6.67 Å². The van der Waals surface area contributed by atoms with E-state index in [0.29, 0.717) is 18.4 Å². The molecule has 0 atom stereocenters. The molecule has 0 saturated heterocycles. The lowest BCUT2D eigenvalue weighted by Crippen LogP contribution is -1.98. The summed E-state index contributed by atoms with van der Waals surface area (Å²) >= 11 is 0. The summed E-state index contributed by atoms with van der Waals surface area (Å²) in [6.07, 6.45) is 0.631. The molecule has 0 radical (unpaired) electrons. The van der Waals surface area contributed by atoms with E-state index < -0.39 is 6.67 Å². The maximum absolute atomic E-state index is 11.8. The highest BCUT2D eigenvalue weighted by Gasteiger charge is 2.03. The number of alkyl halides is 1. The van der Waals surface area contributed by atoms with Gasteiger partial charge in [0, 0.05) is 12.0 Å². The van der Waals surface area contributed by atoms with Crippen LogP contribution in [0.15, 0.2) is 24.3 Å². The first-order valence-electron chi connectivity index (χ1n) is 4.40. The molecule has 0 bridgehead atoms. The van der Waals surface area contributed by atoms with Gasteiger partial charge in [-0.3, -0.25) is 9.18 Å². The lowest BCUT2D eigenvalue weighted by Gasteiger charge is -1.99. The van der Waals surface area contributed by atoms with Crippen molar-refractivity contribution < 1.29 is 9.18 Å². The molecule has 0 amide bonds. The van der Waals surface area contributed by atoms with Gasteiger partial charge in [0.25, 0.3) is 0 Å². The zero-order chi connectivity index (χ0) is 9.68. The van der Waals surface area contributed by atoms with E-state index in [1.807, 2.05) is 19.1 Å². The number of aryl methyl sites for hydroxylation is 1. The predicted octanol–water partition coefficient (Wildman–Crippen LogP) is 2.93. The molecule has 1 aromatic carbocycles. The number of carbonyl (C=O) groups is 1. The van der Waals surface area contributed by atoms with Gasteiger partial charge in [-0.05, 0) is 13.3 Å². The molecule has 1 rings (SSSR count). The maximum atomic E-state index is 11.8. The fourth-order valence-corrected chi connectivity index (χ4v) is 1.11. The van der Waals surface area contributed by atoms with Gasteiger partial charge in [0.15, 0.2) is 5.78 Å². The van der Waals surface area contributed by atoms with E-state index in [0.717, 1.165) is 5.56 Å². The first-order valence-corrected chi connectivity index (χ1v) is 4.40. The Bertz CT molecular complexity index is 277. The summed E-state index contributed by atoms with van der Waals surface area (Å²) in [6.45, 7) is 1.55. The summed E-state index contributed by atoms with van der Waals surface area (Å²) in [6, 6.07) is 7.36. The van der Waals surface area contributed by atoms with Gasteiger partial charge in [-0.25, -0.2) is 0 Å². The van der Waals surface area contributed by atoms with E-state index in [2.05, 4.69) is 0 Å². The van der Waals surface area contributed by atoms with Crippen LogP contribution in [0.1, 0.15) is 28.8 Å². The second kappa shape index (κ2) is 4.75. The van der Waals surface area contributed by atoms with Gasteiger partial charge in [0.2, 0.25) is 0 Å². The number of hydrogen-bond acceptors (Lipinski definition) is 1. The number of halogens is 1. The molecule has 1 aromatic rings. The van der Waals surface area contributed by atoms with Gasteiger partial charge in [-0.15, -0.1) is 0 Å². The number of benzene rings is 1. The minimum Gasteiger partial charge on any atom is -0.294 e. The fraction of sp³-hybridized carbons (Fsp3) is 0.364. The Balaban J connectivity index is 2.61. The average Bonchev–Trinajstić information content (AvgIpc) is 2.15. The number of rotatable bonds is 4. The summed E-state index contributed by atoms with van der Waals surface area (Å²) < 4.78 is 11.8. The Morgan fingerprint density at radius 3 is 2.46 bits per heavy atom. The van der Waals surface area contributed by atoms with Gasteiger partial charge in [-0.2, -0.15) is 0 Å². The lowest BCUT2D eigenvalue weighted by molar-refractivity contribution is 0.0977. The zero-order valence-electron chi connectivity index (χ0n) is 7.72. The van der Waals surface area contributed by atoms with Crippen LogP contribution >= 0.6 is 0 Å². The number of ketones is 1. The molecule has 0 fully saturated rings. The average molecular weight is 180 g/mol. The SMILES string of the molecule is Cc1ccc(C(=O)CCCF)cc1. The minimum absolute atomic E-state index is 0.0256. The molecule has 2 heteroatoms. The molecule has 0 aromatic heterocycles. The van der Waals surface area contributed by atoms with Crippen LogP contribution in [-0.2, 0) is 0 Å². The van der Waals surface area contributed by atoms with Crippen LogP contribution in [0.2, 0.25) is 0 Å². The molecule has 1 nitrogen and oxygen atoms in total. The second-order valence-corrected chi connectivity index (χ2v) is 3.08. The van der Waals surface area contributed by atoms with Crippen molar-refractivity contribution >= 4 is 5.78 Å². The molecule has 0 saturated carbocycles. The molecule has 0 spiro atoms. The number of Topliss-reactive ketones (excluding diaryl/α,β-unsaturated/α-hetero) is 1. The van der Waals surface area contributed by atoms with Crippen LogP contribution in [0.3, 0.4) is 0 Å².